The topological polar surface area (TPSA) is 39.1 Å². The fourth-order valence-electron chi connectivity index (χ4n) is 1.61. The number of hydrogen-bond acceptors (Lipinski definition) is 3. The van der Waals surface area contributed by atoms with Gasteiger partial charge in [0.15, 0.2) is 5.92 Å². The molecular formula is C9H14F3N3. The molecule has 0 spiro atoms. The van der Waals surface area contributed by atoms with Crippen LogP contribution in [-0.4, -0.2) is 43.3 Å². The largest absolute Gasteiger partial charge is 0.405 e. The van der Waals surface area contributed by atoms with Crippen molar-refractivity contribution in [3.63, 3.8) is 0 Å². The Morgan fingerprint density at radius 1 is 1.60 bits per heavy atom. The average molecular weight is 221 g/mol. The molecule has 1 N–H and O–H groups in total. The van der Waals surface area contributed by atoms with Crippen LogP contribution in [-0.2, 0) is 0 Å². The van der Waals surface area contributed by atoms with Gasteiger partial charge in [-0.2, -0.15) is 18.4 Å². The molecule has 1 fully saturated rings. The first kappa shape index (κ1) is 12.3. The van der Waals surface area contributed by atoms with Crippen LogP contribution >= 0.6 is 0 Å². The first-order chi connectivity index (χ1) is 6.95. The van der Waals surface area contributed by atoms with E-state index in [2.05, 4.69) is 5.32 Å². The van der Waals surface area contributed by atoms with E-state index in [1.165, 1.54) is 6.07 Å². The van der Waals surface area contributed by atoms with E-state index in [0.717, 1.165) is 0 Å². The Hall–Kier alpha value is -0.800. The van der Waals surface area contributed by atoms with Crippen LogP contribution in [0, 0.1) is 17.2 Å². The van der Waals surface area contributed by atoms with Crippen molar-refractivity contribution in [1.82, 2.24) is 10.2 Å². The highest BCUT2D eigenvalue weighted by Gasteiger charge is 2.41. The summed E-state index contributed by atoms with van der Waals surface area (Å²) >= 11 is 0. The molecule has 0 radical (unpaired) electrons. The summed E-state index contributed by atoms with van der Waals surface area (Å²) in [6, 6.07) is 1.38. The summed E-state index contributed by atoms with van der Waals surface area (Å²) in [5, 5.41) is 11.6. The van der Waals surface area contributed by atoms with Crippen LogP contribution < -0.4 is 5.32 Å². The van der Waals surface area contributed by atoms with Crippen LogP contribution in [0.15, 0.2) is 0 Å². The normalized spacial score (nSPS) is 25.9. The van der Waals surface area contributed by atoms with Crippen molar-refractivity contribution < 1.29 is 13.2 Å². The number of hydrogen-bond donors (Lipinski definition) is 1. The van der Waals surface area contributed by atoms with Crippen LogP contribution in [0.3, 0.4) is 0 Å². The molecule has 0 aromatic carbocycles. The highest BCUT2D eigenvalue weighted by atomic mass is 19.4. The maximum atomic E-state index is 12.3. The van der Waals surface area contributed by atoms with Crippen molar-refractivity contribution in [2.75, 3.05) is 26.2 Å². The van der Waals surface area contributed by atoms with Crippen molar-refractivity contribution >= 4 is 0 Å². The minimum atomic E-state index is -4.42. The fraction of sp³-hybridized carbons (Fsp3) is 0.889. The summed E-state index contributed by atoms with van der Waals surface area (Å²) in [6.07, 6.45) is -4.42. The minimum Gasteiger partial charge on any atom is -0.314 e. The van der Waals surface area contributed by atoms with E-state index in [4.69, 9.17) is 5.26 Å². The first-order valence-corrected chi connectivity index (χ1v) is 4.86. The van der Waals surface area contributed by atoms with Crippen LogP contribution in [0.2, 0.25) is 0 Å². The quantitative estimate of drug-likeness (QED) is 0.755. The predicted octanol–water partition coefficient (Wildman–Crippen LogP) is 0.982. The van der Waals surface area contributed by atoms with Crippen LogP contribution in [0.4, 0.5) is 13.2 Å². The number of nitrogens with one attached hydrogen (secondary N) is 1. The summed E-state index contributed by atoms with van der Waals surface area (Å²) in [5.41, 5.74) is 0. The van der Waals surface area contributed by atoms with Gasteiger partial charge in [0.2, 0.25) is 0 Å². The van der Waals surface area contributed by atoms with Crippen molar-refractivity contribution in [3.8, 4) is 6.07 Å². The van der Waals surface area contributed by atoms with E-state index >= 15 is 0 Å². The number of nitrogens with zero attached hydrogens (tertiary/aromatic N) is 2. The lowest BCUT2D eigenvalue weighted by Gasteiger charge is -2.35. The molecule has 86 valence electrons. The van der Waals surface area contributed by atoms with Gasteiger partial charge in [0, 0.05) is 32.2 Å². The second kappa shape index (κ2) is 4.81. The Balaban J connectivity index is 2.55. The van der Waals surface area contributed by atoms with Gasteiger partial charge in [-0.3, -0.25) is 4.90 Å². The molecule has 1 rings (SSSR count). The number of nitriles is 1. The summed E-state index contributed by atoms with van der Waals surface area (Å²) in [5.74, 6) is -1.88. The average Bonchev–Trinajstić information content (AvgIpc) is 2.14. The van der Waals surface area contributed by atoms with Crippen molar-refractivity contribution in [2.24, 2.45) is 5.92 Å². The third-order valence-electron chi connectivity index (χ3n) is 2.61. The molecule has 1 heterocycles. The molecule has 0 aliphatic carbocycles. The smallest absolute Gasteiger partial charge is 0.314 e. The van der Waals surface area contributed by atoms with Crippen molar-refractivity contribution in [2.45, 2.75) is 19.1 Å². The lowest BCUT2D eigenvalue weighted by Crippen LogP contribution is -2.52. The zero-order valence-electron chi connectivity index (χ0n) is 8.51. The molecule has 15 heavy (non-hydrogen) atoms. The molecule has 1 aliphatic rings. The van der Waals surface area contributed by atoms with Gasteiger partial charge in [0.1, 0.15) is 0 Å². The molecule has 0 amide bonds. The van der Waals surface area contributed by atoms with Crippen LogP contribution in [0.1, 0.15) is 6.92 Å². The monoisotopic (exact) mass is 221 g/mol. The van der Waals surface area contributed by atoms with Crippen LogP contribution in [0.5, 0.6) is 0 Å². The van der Waals surface area contributed by atoms with Crippen molar-refractivity contribution in [3.05, 3.63) is 0 Å². The lowest BCUT2D eigenvalue weighted by molar-refractivity contribution is -0.164. The van der Waals surface area contributed by atoms with Crippen molar-refractivity contribution in [1.29, 1.82) is 5.26 Å². The van der Waals surface area contributed by atoms with E-state index in [1.54, 1.807) is 4.90 Å². The summed E-state index contributed by atoms with van der Waals surface area (Å²) < 4.78 is 37.0. The molecule has 0 aromatic heterocycles. The third kappa shape index (κ3) is 3.36. The van der Waals surface area contributed by atoms with Crippen LogP contribution in [0.25, 0.3) is 0 Å². The number of rotatable bonds is 2. The number of piperazine rings is 1. The van der Waals surface area contributed by atoms with Gasteiger partial charge in [0.25, 0.3) is 0 Å². The maximum Gasteiger partial charge on any atom is 0.405 e. The fourth-order valence-corrected chi connectivity index (χ4v) is 1.61. The molecule has 0 bridgehead atoms. The van der Waals surface area contributed by atoms with Gasteiger partial charge >= 0.3 is 6.18 Å². The molecule has 2 atom stereocenters. The van der Waals surface area contributed by atoms with Gasteiger partial charge in [-0.15, -0.1) is 0 Å². The van der Waals surface area contributed by atoms with E-state index in [1.807, 2.05) is 6.92 Å². The van der Waals surface area contributed by atoms with E-state index < -0.39 is 12.1 Å². The van der Waals surface area contributed by atoms with E-state index in [0.29, 0.717) is 19.6 Å². The lowest BCUT2D eigenvalue weighted by atomic mass is 10.1. The molecule has 6 heteroatoms. The van der Waals surface area contributed by atoms with Gasteiger partial charge < -0.3 is 5.32 Å². The zero-order chi connectivity index (χ0) is 11.5. The molecule has 2 unspecified atom stereocenters. The Morgan fingerprint density at radius 2 is 2.27 bits per heavy atom. The van der Waals surface area contributed by atoms with Gasteiger partial charge in [-0.1, -0.05) is 0 Å². The van der Waals surface area contributed by atoms with E-state index in [-0.39, 0.29) is 12.6 Å². The standard InChI is InChI=1S/C9H14F3N3/c1-7-5-14-2-3-15(7)6-8(4-13)9(10,11)12/h7-8,14H,2-3,5-6H2,1H3. The molecule has 1 saturated heterocycles. The Morgan fingerprint density at radius 3 is 2.73 bits per heavy atom. The number of halogens is 3. The SMILES string of the molecule is CC1CNCCN1CC(C#N)C(F)(F)F. The highest BCUT2D eigenvalue weighted by molar-refractivity contribution is 4.92. The highest BCUT2D eigenvalue weighted by Crippen LogP contribution is 2.26. The molecular weight excluding hydrogens is 207 g/mol. The second-order valence-corrected chi connectivity index (χ2v) is 3.77. The predicted molar refractivity (Wildman–Crippen MR) is 49.1 cm³/mol. The molecule has 1 aliphatic heterocycles. The van der Waals surface area contributed by atoms with Gasteiger partial charge in [-0.25, -0.2) is 0 Å². The molecule has 0 aromatic rings. The Bertz CT molecular complexity index is 246. The Kier molecular flexibility index (Phi) is 3.94. The maximum absolute atomic E-state index is 12.3. The van der Waals surface area contributed by atoms with E-state index in [9.17, 15) is 13.2 Å². The Labute approximate surface area is 86.9 Å². The zero-order valence-corrected chi connectivity index (χ0v) is 8.51. The van der Waals surface area contributed by atoms with Gasteiger partial charge in [0.05, 0.1) is 6.07 Å². The molecule has 0 saturated carbocycles. The number of alkyl halides is 3. The second-order valence-electron chi connectivity index (χ2n) is 3.77. The third-order valence-corrected chi connectivity index (χ3v) is 2.61. The summed E-state index contributed by atoms with van der Waals surface area (Å²) in [6.45, 7) is 3.56. The summed E-state index contributed by atoms with van der Waals surface area (Å²) in [7, 11) is 0. The summed E-state index contributed by atoms with van der Waals surface area (Å²) in [4.78, 5) is 1.71. The minimum absolute atomic E-state index is 0.0527. The first-order valence-electron chi connectivity index (χ1n) is 4.86. The van der Waals surface area contributed by atoms with Gasteiger partial charge in [-0.05, 0) is 6.92 Å². The molecule has 3 nitrogen and oxygen atoms in total.